The summed E-state index contributed by atoms with van der Waals surface area (Å²) in [7, 11) is 0. The molecule has 0 atom stereocenters. The van der Waals surface area contributed by atoms with Gasteiger partial charge in [0.1, 0.15) is 0 Å². The Labute approximate surface area is 95.9 Å². The third-order valence-corrected chi connectivity index (χ3v) is 2.94. The average Bonchev–Trinajstić information content (AvgIpc) is 2.83. The van der Waals surface area contributed by atoms with E-state index in [1.807, 2.05) is 0 Å². The van der Waals surface area contributed by atoms with Gasteiger partial charge in [0.05, 0.1) is 0 Å². The van der Waals surface area contributed by atoms with Gasteiger partial charge >= 0.3 is 0 Å². The zero-order valence-corrected chi connectivity index (χ0v) is 9.82. The second-order valence-electron chi connectivity index (χ2n) is 4.24. The topological polar surface area (TPSA) is 57.7 Å². The van der Waals surface area contributed by atoms with Crippen molar-refractivity contribution in [3.63, 3.8) is 0 Å². The number of H-pyrrole nitrogens is 1. The zero-order chi connectivity index (χ0) is 11.2. The van der Waals surface area contributed by atoms with E-state index in [1.54, 1.807) is 0 Å². The van der Waals surface area contributed by atoms with E-state index in [2.05, 4.69) is 38.5 Å². The number of rotatable bonds is 5. The predicted octanol–water partition coefficient (Wildman–Crippen LogP) is 1.48. The molecule has 0 aliphatic carbocycles. The highest BCUT2D eigenvalue weighted by molar-refractivity contribution is 5.61. The van der Waals surface area contributed by atoms with Gasteiger partial charge in [-0.05, 0) is 24.6 Å². The Hall–Kier alpha value is -1.23. The molecular formula is C11H19N5. The standard InChI is InChI=1S/C11H19N5/c1-2-3-4-7-16-8-5-6-10(9-16)11-12-14-15-13-11/h6H,2-5,7-9H2,1H3,(H,12,13,14,15). The second kappa shape index (κ2) is 5.75. The molecule has 2 heterocycles. The van der Waals surface area contributed by atoms with Crippen molar-refractivity contribution in [1.29, 1.82) is 0 Å². The third-order valence-electron chi connectivity index (χ3n) is 2.94. The zero-order valence-electron chi connectivity index (χ0n) is 9.82. The molecule has 0 unspecified atom stereocenters. The lowest BCUT2D eigenvalue weighted by atomic mass is 10.1. The predicted molar refractivity (Wildman–Crippen MR) is 62.7 cm³/mol. The maximum Gasteiger partial charge on any atom is 0.201 e. The number of hydrogen-bond acceptors (Lipinski definition) is 4. The molecule has 0 bridgehead atoms. The monoisotopic (exact) mass is 221 g/mol. The molecule has 0 spiro atoms. The lowest BCUT2D eigenvalue weighted by Gasteiger charge is -2.25. The van der Waals surface area contributed by atoms with Gasteiger partial charge < -0.3 is 0 Å². The van der Waals surface area contributed by atoms with Crippen molar-refractivity contribution < 1.29 is 0 Å². The molecule has 1 aromatic rings. The van der Waals surface area contributed by atoms with Crippen molar-refractivity contribution in [1.82, 2.24) is 25.5 Å². The van der Waals surface area contributed by atoms with Gasteiger partial charge in [-0.1, -0.05) is 25.8 Å². The molecule has 88 valence electrons. The molecule has 1 aromatic heterocycles. The van der Waals surface area contributed by atoms with Crippen LogP contribution in [0, 0.1) is 0 Å². The molecule has 0 saturated carbocycles. The fraction of sp³-hybridized carbons (Fsp3) is 0.727. The van der Waals surface area contributed by atoms with Crippen LogP contribution >= 0.6 is 0 Å². The highest BCUT2D eigenvalue weighted by atomic mass is 15.5. The summed E-state index contributed by atoms with van der Waals surface area (Å²) in [6.07, 6.45) is 7.20. The van der Waals surface area contributed by atoms with Crippen molar-refractivity contribution >= 4 is 5.57 Å². The summed E-state index contributed by atoms with van der Waals surface area (Å²) in [5.41, 5.74) is 1.21. The number of aromatic nitrogens is 4. The van der Waals surface area contributed by atoms with E-state index < -0.39 is 0 Å². The molecule has 0 aromatic carbocycles. The summed E-state index contributed by atoms with van der Waals surface area (Å²) in [6, 6.07) is 0. The van der Waals surface area contributed by atoms with Crippen LogP contribution in [0.5, 0.6) is 0 Å². The Morgan fingerprint density at radius 3 is 3.12 bits per heavy atom. The minimum absolute atomic E-state index is 0.750. The van der Waals surface area contributed by atoms with E-state index in [1.165, 1.54) is 31.4 Å². The van der Waals surface area contributed by atoms with Crippen LogP contribution in [0.3, 0.4) is 0 Å². The average molecular weight is 221 g/mol. The molecule has 2 rings (SSSR count). The fourth-order valence-corrected chi connectivity index (χ4v) is 2.04. The molecule has 0 radical (unpaired) electrons. The molecule has 1 N–H and O–H groups in total. The van der Waals surface area contributed by atoms with Crippen LogP contribution in [-0.4, -0.2) is 45.2 Å². The normalized spacial score (nSPS) is 17.4. The summed E-state index contributed by atoms with van der Waals surface area (Å²) in [5.74, 6) is 0.750. The van der Waals surface area contributed by atoms with Crippen LogP contribution in [-0.2, 0) is 0 Å². The Balaban J connectivity index is 1.86. The summed E-state index contributed by atoms with van der Waals surface area (Å²) >= 11 is 0. The quantitative estimate of drug-likeness (QED) is 0.765. The molecule has 0 amide bonds. The maximum absolute atomic E-state index is 4.03. The van der Waals surface area contributed by atoms with E-state index in [4.69, 9.17) is 0 Å². The van der Waals surface area contributed by atoms with Gasteiger partial charge in [0.25, 0.3) is 0 Å². The van der Waals surface area contributed by atoms with E-state index in [0.29, 0.717) is 0 Å². The maximum atomic E-state index is 4.03. The molecule has 5 nitrogen and oxygen atoms in total. The smallest absolute Gasteiger partial charge is 0.201 e. The molecule has 1 aliphatic rings. The highest BCUT2D eigenvalue weighted by Crippen LogP contribution is 2.17. The first-order valence-corrected chi connectivity index (χ1v) is 6.05. The van der Waals surface area contributed by atoms with Crippen LogP contribution in [0.2, 0.25) is 0 Å². The minimum Gasteiger partial charge on any atom is -0.299 e. The Kier molecular flexibility index (Phi) is 4.04. The number of unbranched alkanes of at least 4 members (excludes halogenated alkanes) is 2. The van der Waals surface area contributed by atoms with Gasteiger partial charge in [-0.15, -0.1) is 10.2 Å². The molecule has 0 saturated heterocycles. The van der Waals surface area contributed by atoms with Gasteiger partial charge in [-0.25, -0.2) is 0 Å². The molecule has 0 fully saturated rings. The SMILES string of the molecule is CCCCCN1CCC=C(c2nn[nH]n2)C1. The second-order valence-corrected chi connectivity index (χ2v) is 4.24. The highest BCUT2D eigenvalue weighted by Gasteiger charge is 2.15. The van der Waals surface area contributed by atoms with E-state index in [-0.39, 0.29) is 0 Å². The number of nitrogens with zero attached hydrogens (tertiary/aromatic N) is 4. The number of hydrogen-bond donors (Lipinski definition) is 1. The molecule has 5 heteroatoms. The number of nitrogens with one attached hydrogen (secondary N) is 1. The first-order valence-electron chi connectivity index (χ1n) is 6.05. The van der Waals surface area contributed by atoms with Gasteiger partial charge in [0.2, 0.25) is 5.82 Å². The van der Waals surface area contributed by atoms with Crippen molar-refractivity contribution in [2.45, 2.75) is 32.6 Å². The van der Waals surface area contributed by atoms with Crippen molar-refractivity contribution in [2.75, 3.05) is 19.6 Å². The van der Waals surface area contributed by atoms with E-state index in [0.717, 1.165) is 25.3 Å². The fourth-order valence-electron chi connectivity index (χ4n) is 2.04. The lowest BCUT2D eigenvalue weighted by Crippen LogP contribution is -2.30. The van der Waals surface area contributed by atoms with Crippen molar-refractivity contribution in [3.05, 3.63) is 11.9 Å². The van der Waals surface area contributed by atoms with Gasteiger partial charge in [0.15, 0.2) is 0 Å². The minimum atomic E-state index is 0.750. The number of aromatic amines is 1. The van der Waals surface area contributed by atoms with Crippen molar-refractivity contribution in [3.8, 4) is 0 Å². The van der Waals surface area contributed by atoms with E-state index in [9.17, 15) is 0 Å². The van der Waals surface area contributed by atoms with Crippen LogP contribution < -0.4 is 0 Å². The first kappa shape index (κ1) is 11.3. The van der Waals surface area contributed by atoms with Gasteiger partial charge in [-0.2, -0.15) is 5.21 Å². The van der Waals surface area contributed by atoms with E-state index >= 15 is 0 Å². The molecule has 1 aliphatic heterocycles. The molecule has 16 heavy (non-hydrogen) atoms. The number of tetrazole rings is 1. The Bertz CT molecular complexity index is 330. The first-order chi connectivity index (χ1) is 7.90. The lowest BCUT2D eigenvalue weighted by molar-refractivity contribution is 0.296. The Morgan fingerprint density at radius 2 is 2.38 bits per heavy atom. The van der Waals surface area contributed by atoms with Crippen LogP contribution in [0.25, 0.3) is 5.57 Å². The van der Waals surface area contributed by atoms with Crippen LogP contribution in [0.1, 0.15) is 38.4 Å². The summed E-state index contributed by atoms with van der Waals surface area (Å²) < 4.78 is 0. The summed E-state index contributed by atoms with van der Waals surface area (Å²) in [6.45, 7) is 5.54. The van der Waals surface area contributed by atoms with Gasteiger partial charge in [-0.3, -0.25) is 4.90 Å². The van der Waals surface area contributed by atoms with Gasteiger partial charge in [0, 0.05) is 18.7 Å². The third kappa shape index (κ3) is 2.88. The summed E-state index contributed by atoms with van der Waals surface area (Å²) in [5, 5.41) is 14.2. The van der Waals surface area contributed by atoms with Crippen molar-refractivity contribution in [2.24, 2.45) is 0 Å². The van der Waals surface area contributed by atoms with Crippen LogP contribution in [0.15, 0.2) is 6.08 Å². The largest absolute Gasteiger partial charge is 0.299 e. The molecular weight excluding hydrogens is 202 g/mol. The Morgan fingerprint density at radius 1 is 1.44 bits per heavy atom. The summed E-state index contributed by atoms with van der Waals surface area (Å²) in [4.78, 5) is 2.47. The van der Waals surface area contributed by atoms with Crippen LogP contribution in [0.4, 0.5) is 0 Å².